The van der Waals surface area contributed by atoms with Crippen LogP contribution in [0.1, 0.15) is 11.1 Å². The van der Waals surface area contributed by atoms with Crippen LogP contribution in [-0.4, -0.2) is 31.1 Å². The van der Waals surface area contributed by atoms with Crippen molar-refractivity contribution in [3.8, 4) is 0 Å². The molecule has 100 valence electrons. The zero-order valence-electron chi connectivity index (χ0n) is 10.7. The number of rotatable bonds is 2. The molecule has 1 aromatic rings. The first-order valence-electron chi connectivity index (χ1n) is 6.40. The van der Waals surface area contributed by atoms with Crippen molar-refractivity contribution in [2.24, 2.45) is 11.8 Å². The highest BCUT2D eigenvalue weighted by Gasteiger charge is 2.35. The summed E-state index contributed by atoms with van der Waals surface area (Å²) in [4.78, 5) is 2.40. The Kier molecular flexibility index (Phi) is 4.25. The van der Waals surface area contributed by atoms with Gasteiger partial charge >= 0.3 is 0 Å². The summed E-state index contributed by atoms with van der Waals surface area (Å²) in [5.74, 6) is 1.50. The van der Waals surface area contributed by atoms with E-state index >= 15 is 0 Å². The number of nitrogens with one attached hydrogen (secondary N) is 1. The molecule has 2 aliphatic heterocycles. The van der Waals surface area contributed by atoms with E-state index in [1.807, 2.05) is 19.1 Å². The minimum absolute atomic E-state index is 0. The van der Waals surface area contributed by atoms with E-state index < -0.39 is 0 Å². The Hall–Kier alpha value is -0.640. The normalized spacial score (nSPS) is 27.0. The van der Waals surface area contributed by atoms with E-state index in [9.17, 15) is 4.39 Å². The summed E-state index contributed by atoms with van der Waals surface area (Å²) in [6, 6.07) is 5.40. The molecule has 4 heteroatoms. The fourth-order valence-corrected chi connectivity index (χ4v) is 3.15. The van der Waals surface area contributed by atoms with Gasteiger partial charge in [0.05, 0.1) is 0 Å². The summed E-state index contributed by atoms with van der Waals surface area (Å²) in [6.45, 7) is 7.29. The van der Waals surface area contributed by atoms with Crippen LogP contribution in [0.4, 0.5) is 4.39 Å². The highest BCUT2D eigenvalue weighted by molar-refractivity contribution is 5.85. The number of hydrogen-bond donors (Lipinski definition) is 1. The molecule has 0 bridgehead atoms. The summed E-state index contributed by atoms with van der Waals surface area (Å²) in [7, 11) is 0. The van der Waals surface area contributed by atoms with Crippen LogP contribution in [0, 0.1) is 24.6 Å². The first-order chi connectivity index (χ1) is 8.22. The highest BCUT2D eigenvalue weighted by Crippen LogP contribution is 2.27. The van der Waals surface area contributed by atoms with E-state index in [1.54, 1.807) is 6.07 Å². The van der Waals surface area contributed by atoms with Crippen molar-refractivity contribution in [2.45, 2.75) is 13.5 Å². The number of aryl methyl sites for hydroxylation is 1. The number of hydrogen-bond acceptors (Lipinski definition) is 2. The molecule has 0 amide bonds. The lowest BCUT2D eigenvalue weighted by molar-refractivity contribution is 0.301. The van der Waals surface area contributed by atoms with Gasteiger partial charge in [0.25, 0.3) is 0 Å². The third-order valence-corrected chi connectivity index (χ3v) is 4.06. The molecule has 2 saturated heterocycles. The SMILES string of the molecule is Cc1ccc(F)c(CN2C[C@H]3CNC[C@H]3C2)c1.Cl. The topological polar surface area (TPSA) is 15.3 Å². The summed E-state index contributed by atoms with van der Waals surface area (Å²) < 4.78 is 13.7. The van der Waals surface area contributed by atoms with Crippen LogP contribution in [0.15, 0.2) is 18.2 Å². The summed E-state index contributed by atoms with van der Waals surface area (Å²) in [6.07, 6.45) is 0. The van der Waals surface area contributed by atoms with Crippen LogP contribution >= 0.6 is 12.4 Å². The predicted octanol–water partition coefficient (Wildman–Crippen LogP) is 2.21. The molecule has 1 aromatic carbocycles. The lowest BCUT2D eigenvalue weighted by Gasteiger charge is -2.17. The first-order valence-corrected chi connectivity index (χ1v) is 6.40. The number of nitrogens with zero attached hydrogens (tertiary/aromatic N) is 1. The highest BCUT2D eigenvalue weighted by atomic mass is 35.5. The fourth-order valence-electron chi connectivity index (χ4n) is 3.15. The second-order valence-corrected chi connectivity index (χ2v) is 5.47. The smallest absolute Gasteiger partial charge is 0.127 e. The molecule has 2 heterocycles. The zero-order chi connectivity index (χ0) is 11.8. The fraction of sp³-hybridized carbons (Fsp3) is 0.571. The zero-order valence-corrected chi connectivity index (χ0v) is 11.5. The van der Waals surface area contributed by atoms with Crippen LogP contribution in [0.3, 0.4) is 0 Å². The number of likely N-dealkylation sites (tertiary alicyclic amines) is 1. The van der Waals surface area contributed by atoms with Crippen molar-refractivity contribution < 1.29 is 4.39 Å². The molecule has 0 aromatic heterocycles. The average molecular weight is 271 g/mol. The van der Waals surface area contributed by atoms with E-state index in [-0.39, 0.29) is 18.2 Å². The third-order valence-electron chi connectivity index (χ3n) is 4.06. The van der Waals surface area contributed by atoms with E-state index in [1.165, 1.54) is 0 Å². The Labute approximate surface area is 114 Å². The van der Waals surface area contributed by atoms with Gasteiger partial charge in [-0.05, 0) is 37.9 Å². The molecular formula is C14H20ClFN2. The van der Waals surface area contributed by atoms with Gasteiger partial charge in [-0.1, -0.05) is 17.7 Å². The monoisotopic (exact) mass is 270 g/mol. The minimum Gasteiger partial charge on any atom is -0.316 e. The second-order valence-electron chi connectivity index (χ2n) is 5.47. The molecule has 0 aliphatic carbocycles. The van der Waals surface area contributed by atoms with Crippen molar-refractivity contribution in [2.75, 3.05) is 26.2 Å². The summed E-state index contributed by atoms with van der Waals surface area (Å²) in [5, 5.41) is 3.43. The Morgan fingerprint density at radius 2 is 1.94 bits per heavy atom. The Morgan fingerprint density at radius 3 is 2.61 bits per heavy atom. The number of halogens is 2. The lowest BCUT2D eigenvalue weighted by Crippen LogP contribution is -2.25. The number of benzene rings is 1. The van der Waals surface area contributed by atoms with E-state index in [0.717, 1.165) is 55.7 Å². The third kappa shape index (κ3) is 2.68. The predicted molar refractivity (Wildman–Crippen MR) is 73.5 cm³/mol. The van der Waals surface area contributed by atoms with E-state index in [2.05, 4.69) is 10.2 Å². The van der Waals surface area contributed by atoms with Crippen LogP contribution < -0.4 is 5.32 Å². The average Bonchev–Trinajstić information content (AvgIpc) is 2.83. The van der Waals surface area contributed by atoms with Gasteiger partial charge in [0, 0.05) is 25.2 Å². The molecule has 0 radical (unpaired) electrons. The minimum atomic E-state index is -0.0641. The maximum atomic E-state index is 13.7. The molecule has 2 nitrogen and oxygen atoms in total. The molecular weight excluding hydrogens is 251 g/mol. The number of fused-ring (bicyclic) bond motifs is 1. The molecule has 18 heavy (non-hydrogen) atoms. The standard InChI is InChI=1S/C14H19FN2.ClH/c1-10-2-3-14(15)11(4-10)7-17-8-12-5-16-6-13(12)9-17;/h2-4,12-13,16H,5-9H2,1H3;1H/t12-,13+;. The van der Waals surface area contributed by atoms with Gasteiger partial charge in [0.2, 0.25) is 0 Å². The van der Waals surface area contributed by atoms with Crippen molar-refractivity contribution in [1.29, 1.82) is 0 Å². The van der Waals surface area contributed by atoms with Crippen LogP contribution in [0.25, 0.3) is 0 Å². The van der Waals surface area contributed by atoms with Gasteiger partial charge in [-0.15, -0.1) is 12.4 Å². The molecule has 3 rings (SSSR count). The van der Waals surface area contributed by atoms with Crippen molar-refractivity contribution in [3.05, 3.63) is 35.1 Å². The van der Waals surface area contributed by atoms with Gasteiger partial charge in [-0.2, -0.15) is 0 Å². The Bertz CT molecular complexity index is 412. The van der Waals surface area contributed by atoms with Gasteiger partial charge in [0.1, 0.15) is 5.82 Å². The molecule has 0 saturated carbocycles. The molecule has 2 fully saturated rings. The van der Waals surface area contributed by atoms with Crippen molar-refractivity contribution in [3.63, 3.8) is 0 Å². The van der Waals surface area contributed by atoms with Crippen LogP contribution in [0.2, 0.25) is 0 Å². The molecule has 0 spiro atoms. The van der Waals surface area contributed by atoms with Crippen molar-refractivity contribution in [1.82, 2.24) is 10.2 Å². The Balaban J connectivity index is 0.00000120. The largest absolute Gasteiger partial charge is 0.316 e. The molecule has 2 aliphatic rings. The van der Waals surface area contributed by atoms with Gasteiger partial charge in [-0.25, -0.2) is 4.39 Å². The first kappa shape index (κ1) is 13.8. The summed E-state index contributed by atoms with van der Waals surface area (Å²) in [5.41, 5.74) is 1.99. The molecule has 1 N–H and O–H groups in total. The summed E-state index contributed by atoms with van der Waals surface area (Å²) >= 11 is 0. The molecule has 0 unspecified atom stereocenters. The molecule has 2 atom stereocenters. The van der Waals surface area contributed by atoms with Crippen LogP contribution in [0.5, 0.6) is 0 Å². The second kappa shape index (κ2) is 5.55. The van der Waals surface area contributed by atoms with Crippen molar-refractivity contribution >= 4 is 12.4 Å². The maximum absolute atomic E-state index is 13.7. The quantitative estimate of drug-likeness (QED) is 0.886. The maximum Gasteiger partial charge on any atom is 0.127 e. The van der Waals surface area contributed by atoms with Crippen LogP contribution in [-0.2, 0) is 6.54 Å². The Morgan fingerprint density at radius 1 is 1.28 bits per heavy atom. The van der Waals surface area contributed by atoms with E-state index in [0.29, 0.717) is 0 Å². The lowest BCUT2D eigenvalue weighted by atomic mass is 10.0. The van der Waals surface area contributed by atoms with Gasteiger partial charge in [-0.3, -0.25) is 4.90 Å². The van der Waals surface area contributed by atoms with Gasteiger partial charge < -0.3 is 5.32 Å². The van der Waals surface area contributed by atoms with Gasteiger partial charge in [0.15, 0.2) is 0 Å². The van der Waals surface area contributed by atoms with E-state index in [4.69, 9.17) is 0 Å².